The van der Waals surface area contributed by atoms with Crippen molar-refractivity contribution in [1.82, 2.24) is 0 Å². The van der Waals surface area contributed by atoms with Crippen LogP contribution in [0.25, 0.3) is 0 Å². The van der Waals surface area contributed by atoms with Crippen LogP contribution in [0.1, 0.15) is 11.1 Å². The minimum atomic E-state index is -0.737. The van der Waals surface area contributed by atoms with Crippen LogP contribution >= 0.6 is 0 Å². The van der Waals surface area contributed by atoms with Gasteiger partial charge in [-0.1, -0.05) is 11.8 Å². The molecule has 0 aromatic heterocycles. The van der Waals surface area contributed by atoms with Crippen LogP contribution in [0.4, 0.5) is 13.2 Å². The van der Waals surface area contributed by atoms with Crippen LogP contribution in [0, 0.1) is 29.3 Å². The molecule has 0 atom stereocenters. The zero-order valence-electron chi connectivity index (χ0n) is 11.0. The van der Waals surface area contributed by atoms with Crippen molar-refractivity contribution >= 4 is 0 Å². The Morgan fingerprint density at radius 1 is 0.905 bits per heavy atom. The molecule has 2 N–H and O–H groups in total. The molecule has 0 aliphatic heterocycles. The first-order chi connectivity index (χ1) is 10.1. The molecular formula is C16H12F3NO. The zero-order valence-corrected chi connectivity index (χ0v) is 11.0. The quantitative estimate of drug-likeness (QED) is 0.882. The van der Waals surface area contributed by atoms with Gasteiger partial charge < -0.3 is 10.5 Å². The second-order valence-corrected chi connectivity index (χ2v) is 4.25. The molecule has 2 nitrogen and oxygen atoms in total. The van der Waals surface area contributed by atoms with Gasteiger partial charge in [0.05, 0.1) is 6.54 Å². The van der Waals surface area contributed by atoms with Crippen molar-refractivity contribution in [2.75, 3.05) is 6.54 Å². The summed E-state index contributed by atoms with van der Waals surface area (Å²) in [6, 6.07) is 7.02. The van der Waals surface area contributed by atoms with Gasteiger partial charge in [-0.15, -0.1) is 0 Å². The van der Waals surface area contributed by atoms with Gasteiger partial charge in [-0.25, -0.2) is 13.2 Å². The Hall–Kier alpha value is -2.45. The summed E-state index contributed by atoms with van der Waals surface area (Å²) < 4.78 is 44.7. The summed E-state index contributed by atoms with van der Waals surface area (Å²) in [5.74, 6) is 3.42. The van der Waals surface area contributed by atoms with Crippen LogP contribution in [0.15, 0.2) is 36.4 Å². The Morgan fingerprint density at radius 2 is 1.57 bits per heavy atom. The van der Waals surface area contributed by atoms with Gasteiger partial charge in [-0.2, -0.15) is 0 Å². The third-order valence-corrected chi connectivity index (χ3v) is 2.53. The van der Waals surface area contributed by atoms with E-state index in [0.717, 1.165) is 18.2 Å². The van der Waals surface area contributed by atoms with Crippen molar-refractivity contribution < 1.29 is 17.9 Å². The molecule has 21 heavy (non-hydrogen) atoms. The highest BCUT2D eigenvalue weighted by atomic mass is 19.1. The van der Waals surface area contributed by atoms with Gasteiger partial charge in [0.1, 0.15) is 29.8 Å². The third kappa shape index (κ3) is 4.55. The highest BCUT2D eigenvalue weighted by molar-refractivity contribution is 5.38. The molecule has 0 aliphatic rings. The molecule has 0 aliphatic carbocycles. The standard InChI is InChI=1S/C16H12F3NO/c17-13-5-11(2-1-3-20)4-12(6-13)10-21-16-8-14(18)7-15(19)9-16/h4-9H,3,10,20H2. The van der Waals surface area contributed by atoms with E-state index in [1.807, 2.05) is 0 Å². The minimum Gasteiger partial charge on any atom is -0.489 e. The molecule has 2 aromatic rings. The van der Waals surface area contributed by atoms with Gasteiger partial charge in [0.25, 0.3) is 0 Å². The number of hydrogen-bond donors (Lipinski definition) is 1. The zero-order chi connectivity index (χ0) is 15.2. The average Bonchev–Trinajstić information content (AvgIpc) is 2.41. The molecule has 0 radical (unpaired) electrons. The Morgan fingerprint density at radius 3 is 2.24 bits per heavy atom. The molecule has 0 saturated heterocycles. The fourth-order valence-electron chi connectivity index (χ4n) is 1.74. The average molecular weight is 291 g/mol. The SMILES string of the molecule is NCC#Cc1cc(F)cc(COc2cc(F)cc(F)c2)c1. The van der Waals surface area contributed by atoms with Crippen LogP contribution in [0.3, 0.4) is 0 Å². The molecule has 2 rings (SSSR count). The number of nitrogens with two attached hydrogens (primary N) is 1. The topological polar surface area (TPSA) is 35.2 Å². The van der Waals surface area contributed by atoms with Gasteiger partial charge in [0.15, 0.2) is 0 Å². The molecule has 0 bridgehead atoms. The lowest BCUT2D eigenvalue weighted by atomic mass is 10.1. The summed E-state index contributed by atoms with van der Waals surface area (Å²) in [4.78, 5) is 0. The van der Waals surface area contributed by atoms with E-state index in [1.165, 1.54) is 12.1 Å². The number of halogens is 3. The Balaban J connectivity index is 2.14. The van der Waals surface area contributed by atoms with Crippen LogP contribution in [0.2, 0.25) is 0 Å². The van der Waals surface area contributed by atoms with Crippen molar-refractivity contribution in [3.05, 3.63) is 65.0 Å². The van der Waals surface area contributed by atoms with E-state index in [2.05, 4.69) is 11.8 Å². The Labute approximate surface area is 120 Å². The Bertz CT molecular complexity index is 684. The molecule has 108 valence electrons. The normalized spacial score (nSPS) is 9.90. The molecule has 0 amide bonds. The van der Waals surface area contributed by atoms with Crippen molar-refractivity contribution in [2.24, 2.45) is 5.73 Å². The summed E-state index contributed by atoms with van der Waals surface area (Å²) >= 11 is 0. The van der Waals surface area contributed by atoms with Crippen LogP contribution < -0.4 is 10.5 Å². The van der Waals surface area contributed by atoms with E-state index in [-0.39, 0.29) is 18.9 Å². The smallest absolute Gasteiger partial charge is 0.129 e. The maximum atomic E-state index is 13.4. The second-order valence-electron chi connectivity index (χ2n) is 4.25. The number of hydrogen-bond acceptors (Lipinski definition) is 2. The van der Waals surface area contributed by atoms with Crippen molar-refractivity contribution in [3.8, 4) is 17.6 Å². The van der Waals surface area contributed by atoms with E-state index in [4.69, 9.17) is 10.5 Å². The number of benzene rings is 2. The summed E-state index contributed by atoms with van der Waals surface area (Å²) in [5.41, 5.74) is 6.22. The number of rotatable bonds is 3. The number of ether oxygens (including phenoxy) is 1. The second kappa shape index (κ2) is 6.82. The van der Waals surface area contributed by atoms with Crippen molar-refractivity contribution in [2.45, 2.75) is 6.61 Å². The van der Waals surface area contributed by atoms with Crippen molar-refractivity contribution in [1.29, 1.82) is 0 Å². The lowest BCUT2D eigenvalue weighted by Gasteiger charge is -2.07. The summed E-state index contributed by atoms with van der Waals surface area (Å²) in [7, 11) is 0. The molecule has 5 heteroatoms. The maximum absolute atomic E-state index is 13.4. The predicted molar refractivity (Wildman–Crippen MR) is 73.0 cm³/mol. The van der Waals surface area contributed by atoms with Gasteiger partial charge in [-0.3, -0.25) is 0 Å². The first-order valence-electron chi connectivity index (χ1n) is 6.14. The summed E-state index contributed by atoms with van der Waals surface area (Å²) in [5, 5.41) is 0. The monoisotopic (exact) mass is 291 g/mol. The highest BCUT2D eigenvalue weighted by Crippen LogP contribution is 2.17. The fourth-order valence-corrected chi connectivity index (χ4v) is 1.74. The molecule has 0 heterocycles. The van der Waals surface area contributed by atoms with E-state index in [0.29, 0.717) is 11.1 Å². The molecule has 0 fully saturated rings. The van der Waals surface area contributed by atoms with Crippen molar-refractivity contribution in [3.63, 3.8) is 0 Å². The van der Waals surface area contributed by atoms with E-state index >= 15 is 0 Å². The maximum Gasteiger partial charge on any atom is 0.129 e. The fraction of sp³-hybridized carbons (Fsp3) is 0.125. The van der Waals surface area contributed by atoms with Gasteiger partial charge in [0, 0.05) is 23.8 Å². The van der Waals surface area contributed by atoms with E-state index in [9.17, 15) is 13.2 Å². The molecular weight excluding hydrogens is 279 g/mol. The largest absolute Gasteiger partial charge is 0.489 e. The molecule has 0 saturated carbocycles. The van der Waals surface area contributed by atoms with Gasteiger partial charge in [0.2, 0.25) is 0 Å². The molecule has 0 unspecified atom stereocenters. The van der Waals surface area contributed by atoms with Crippen LogP contribution in [0.5, 0.6) is 5.75 Å². The van der Waals surface area contributed by atoms with Gasteiger partial charge >= 0.3 is 0 Å². The van der Waals surface area contributed by atoms with E-state index < -0.39 is 17.5 Å². The van der Waals surface area contributed by atoms with Crippen LogP contribution in [-0.2, 0) is 6.61 Å². The third-order valence-electron chi connectivity index (χ3n) is 2.53. The van der Waals surface area contributed by atoms with Gasteiger partial charge in [-0.05, 0) is 23.8 Å². The molecule has 2 aromatic carbocycles. The first-order valence-corrected chi connectivity index (χ1v) is 6.14. The summed E-state index contributed by atoms with van der Waals surface area (Å²) in [6.45, 7) is 0.142. The lowest BCUT2D eigenvalue weighted by Crippen LogP contribution is -1.98. The van der Waals surface area contributed by atoms with Crippen LogP contribution in [-0.4, -0.2) is 6.54 Å². The Kier molecular flexibility index (Phi) is 4.85. The first kappa shape index (κ1) is 14.9. The van der Waals surface area contributed by atoms with E-state index in [1.54, 1.807) is 6.07 Å². The highest BCUT2D eigenvalue weighted by Gasteiger charge is 2.04. The summed E-state index contributed by atoms with van der Waals surface area (Å²) in [6.07, 6.45) is 0. The minimum absolute atomic E-state index is 0.0298. The lowest BCUT2D eigenvalue weighted by molar-refractivity contribution is 0.302. The molecule has 0 spiro atoms. The predicted octanol–water partition coefficient (Wildman–Crippen LogP) is 2.99.